The molecule has 0 aromatic heterocycles. The zero-order chi connectivity index (χ0) is 34.4. The van der Waals surface area contributed by atoms with Gasteiger partial charge in [0.2, 0.25) is 17.2 Å². The zero-order valence-electron chi connectivity index (χ0n) is 27.2. The van der Waals surface area contributed by atoms with E-state index in [0.29, 0.717) is 22.6 Å². The number of halogens is 1. The molecule has 1 N–H and O–H groups in total. The number of rotatable bonds is 2. The highest BCUT2D eigenvalue weighted by atomic mass is 19.1. The Labute approximate surface area is 267 Å². The van der Waals surface area contributed by atoms with Crippen LogP contribution in [0.15, 0.2) is 67.3 Å². The minimum absolute atomic E-state index is 0.154. The van der Waals surface area contributed by atoms with E-state index in [-0.39, 0.29) is 16.9 Å². The fourth-order valence-electron chi connectivity index (χ4n) is 7.62. The molecule has 0 aliphatic heterocycles. The molecule has 0 saturated carbocycles. The fourth-order valence-corrected chi connectivity index (χ4v) is 7.62. The first-order chi connectivity index (χ1) is 21.2. The smallest absolute Gasteiger partial charge is 0.242 e. The van der Waals surface area contributed by atoms with Gasteiger partial charge in [-0.25, -0.2) is 4.39 Å². The van der Waals surface area contributed by atoms with Crippen molar-refractivity contribution in [3.8, 4) is 11.5 Å². The molecule has 0 spiro atoms. The van der Waals surface area contributed by atoms with Crippen molar-refractivity contribution in [3.63, 3.8) is 0 Å². The van der Waals surface area contributed by atoms with Crippen molar-refractivity contribution < 1.29 is 42.9 Å². The highest BCUT2D eigenvalue weighted by Crippen LogP contribution is 2.58. The quantitative estimate of drug-likeness (QED) is 0.363. The number of aliphatic hydroxyl groups is 1. The van der Waals surface area contributed by atoms with Gasteiger partial charge < -0.3 is 14.6 Å². The van der Waals surface area contributed by atoms with E-state index in [2.05, 4.69) is 6.58 Å². The van der Waals surface area contributed by atoms with Crippen LogP contribution in [0.3, 0.4) is 0 Å². The summed E-state index contributed by atoms with van der Waals surface area (Å²) in [6.45, 7) is 13.1. The normalized spacial score (nSPS) is 31.6. The summed E-state index contributed by atoms with van der Waals surface area (Å²) in [7, 11) is 3.02. The molecule has 0 fully saturated rings. The summed E-state index contributed by atoms with van der Waals surface area (Å²) in [4.78, 5) is 62.6. The van der Waals surface area contributed by atoms with Crippen LogP contribution in [0.2, 0.25) is 0 Å². The van der Waals surface area contributed by atoms with Gasteiger partial charge in [0.15, 0.2) is 23.0 Å². The lowest BCUT2D eigenvalue weighted by molar-refractivity contribution is -0.165. The Bertz CT molecular complexity index is 1710. The lowest BCUT2D eigenvalue weighted by atomic mass is 9.48. The molecule has 8 nitrogen and oxygen atoms in total. The van der Waals surface area contributed by atoms with Crippen LogP contribution < -0.4 is 9.47 Å². The van der Waals surface area contributed by atoms with Gasteiger partial charge in [0.05, 0.1) is 30.5 Å². The van der Waals surface area contributed by atoms with Gasteiger partial charge in [-0.2, -0.15) is 0 Å². The molecular formula is C37H37FO8. The van der Waals surface area contributed by atoms with E-state index in [1.807, 2.05) is 0 Å². The number of carbonyl (C=O) groups excluding carboxylic acids is 5. The van der Waals surface area contributed by atoms with Crippen molar-refractivity contribution in [2.24, 2.45) is 10.8 Å². The molecule has 4 atom stereocenters. The Hall–Kier alpha value is -4.50. The monoisotopic (exact) mass is 628 g/mol. The van der Waals surface area contributed by atoms with Gasteiger partial charge in [-0.15, -0.1) is 0 Å². The second-order valence-electron chi connectivity index (χ2n) is 13.7. The molecule has 4 unspecified atom stereocenters. The fraction of sp³-hybridized carbons (Fsp3) is 0.378. The number of alkyl halides is 1. The van der Waals surface area contributed by atoms with Crippen molar-refractivity contribution in [3.05, 3.63) is 89.5 Å². The standard InChI is InChI=1S/C19H20O4.C18H17FO4/c1-11-13-7-6-12(23-5)10-14(13)18(4)9-8-15(20)17(2,3)19(18,22)16(11)21;1-16(2)13(20)7-8-17(3)12-9-10(23-4)5-6-11(12)14(21)15(22)18(16,17)19/h6-10,22H,1H2,2-5H3;5-9H,1-4H3. The number of fused-ring (bicyclic) bond motifs is 6. The van der Waals surface area contributed by atoms with E-state index in [4.69, 9.17) is 9.47 Å². The summed E-state index contributed by atoms with van der Waals surface area (Å²) in [5.74, 6) is -2.27. The summed E-state index contributed by atoms with van der Waals surface area (Å²) >= 11 is 0. The number of benzene rings is 2. The first kappa shape index (κ1) is 32.9. The average molecular weight is 629 g/mol. The van der Waals surface area contributed by atoms with Crippen LogP contribution in [0.5, 0.6) is 11.5 Å². The van der Waals surface area contributed by atoms with Gasteiger partial charge in [-0.3, -0.25) is 24.0 Å². The number of hydrogen-bond donors (Lipinski definition) is 1. The summed E-state index contributed by atoms with van der Waals surface area (Å²) in [5, 5.41) is 11.5. The van der Waals surface area contributed by atoms with Crippen LogP contribution in [0.1, 0.15) is 68.6 Å². The second-order valence-corrected chi connectivity index (χ2v) is 13.7. The number of Topliss-reactive ketones (excluding diaryl/α,β-unsaturated/α-hetero) is 3. The predicted molar refractivity (Wildman–Crippen MR) is 169 cm³/mol. The maximum atomic E-state index is 16.1. The minimum Gasteiger partial charge on any atom is -0.497 e. The van der Waals surface area contributed by atoms with Crippen LogP contribution in [0.4, 0.5) is 4.39 Å². The number of ketones is 5. The van der Waals surface area contributed by atoms with E-state index in [1.54, 1.807) is 71.2 Å². The van der Waals surface area contributed by atoms with Gasteiger partial charge >= 0.3 is 0 Å². The van der Waals surface area contributed by atoms with Crippen molar-refractivity contribution >= 4 is 34.5 Å². The highest BCUT2D eigenvalue weighted by Gasteiger charge is 2.71. The van der Waals surface area contributed by atoms with Gasteiger partial charge in [0, 0.05) is 16.6 Å². The maximum Gasteiger partial charge on any atom is 0.242 e. The van der Waals surface area contributed by atoms with Gasteiger partial charge in [-0.1, -0.05) is 24.8 Å². The van der Waals surface area contributed by atoms with Crippen LogP contribution >= 0.6 is 0 Å². The summed E-state index contributed by atoms with van der Waals surface area (Å²) < 4.78 is 26.6. The van der Waals surface area contributed by atoms with E-state index >= 15 is 4.39 Å². The van der Waals surface area contributed by atoms with Crippen molar-refractivity contribution in [2.75, 3.05) is 14.2 Å². The topological polar surface area (TPSA) is 124 Å². The molecule has 0 amide bonds. The number of ether oxygens (including phenoxy) is 2. The number of hydrogen-bond acceptors (Lipinski definition) is 8. The zero-order valence-corrected chi connectivity index (χ0v) is 27.2. The molecule has 2 aromatic rings. The Balaban J connectivity index is 0.000000181. The van der Waals surface area contributed by atoms with Crippen LogP contribution in [-0.4, -0.2) is 59.5 Å². The third-order valence-corrected chi connectivity index (χ3v) is 10.9. The first-order valence-electron chi connectivity index (χ1n) is 14.8. The van der Waals surface area contributed by atoms with Gasteiger partial charge in [0.1, 0.15) is 11.5 Å². The van der Waals surface area contributed by atoms with Crippen LogP contribution in [0, 0.1) is 10.8 Å². The summed E-state index contributed by atoms with van der Waals surface area (Å²) in [5.41, 5.74) is -7.71. The molecule has 9 heteroatoms. The van der Waals surface area contributed by atoms with E-state index in [0.717, 1.165) is 5.56 Å². The molecule has 0 heterocycles. The van der Waals surface area contributed by atoms with Crippen LogP contribution in [0.25, 0.3) is 5.57 Å². The Morgan fingerprint density at radius 1 is 0.674 bits per heavy atom. The van der Waals surface area contributed by atoms with E-state index < -0.39 is 56.1 Å². The maximum absolute atomic E-state index is 16.1. The SMILES string of the molecule is C=C1C(=O)C2(O)C(C)(C)C(=O)C=CC2(C)c2cc(OC)ccc21.COc1ccc2c(c1)C1(C)C=CC(=O)C(C)(C)C1(F)C(=O)C2=O. The largest absolute Gasteiger partial charge is 0.497 e. The van der Waals surface area contributed by atoms with E-state index in [1.165, 1.54) is 45.3 Å². The molecule has 46 heavy (non-hydrogen) atoms. The average Bonchev–Trinajstić information content (AvgIpc) is 3.04. The van der Waals surface area contributed by atoms with E-state index in [9.17, 15) is 29.1 Å². The molecule has 2 aromatic carbocycles. The highest BCUT2D eigenvalue weighted by molar-refractivity contribution is 6.49. The molecule has 6 rings (SSSR count). The predicted octanol–water partition coefficient (Wildman–Crippen LogP) is 5.04. The van der Waals surface area contributed by atoms with Crippen molar-refractivity contribution in [1.29, 1.82) is 0 Å². The Kier molecular flexibility index (Phi) is 7.15. The van der Waals surface area contributed by atoms with Gasteiger partial charge in [0.25, 0.3) is 0 Å². The number of methoxy groups -OCH3 is 2. The molecule has 0 saturated heterocycles. The first-order valence-corrected chi connectivity index (χ1v) is 14.8. The molecular weight excluding hydrogens is 591 g/mol. The third kappa shape index (κ3) is 3.72. The number of allylic oxidation sites excluding steroid dienone is 3. The Morgan fingerprint density at radius 3 is 1.65 bits per heavy atom. The molecule has 4 aliphatic rings. The summed E-state index contributed by atoms with van der Waals surface area (Å²) in [6.07, 6.45) is 5.77. The summed E-state index contributed by atoms with van der Waals surface area (Å²) in [6, 6.07) is 9.92. The third-order valence-electron chi connectivity index (χ3n) is 10.9. The second kappa shape index (κ2) is 10.00. The van der Waals surface area contributed by atoms with Crippen molar-refractivity contribution in [1.82, 2.24) is 0 Å². The minimum atomic E-state index is -2.64. The lowest BCUT2D eigenvalue weighted by Crippen LogP contribution is -2.69. The Morgan fingerprint density at radius 2 is 1.13 bits per heavy atom. The van der Waals surface area contributed by atoms with Crippen LogP contribution in [-0.2, 0) is 30.0 Å². The van der Waals surface area contributed by atoms with Gasteiger partial charge in [-0.05, 0) is 101 Å². The lowest BCUT2D eigenvalue weighted by Gasteiger charge is -2.55. The molecule has 240 valence electrons. The number of carbonyl (C=O) groups is 5. The van der Waals surface area contributed by atoms with Crippen molar-refractivity contribution in [2.45, 2.75) is 63.6 Å². The molecule has 0 radical (unpaired) electrons. The molecule has 4 aliphatic carbocycles. The molecule has 0 bridgehead atoms.